The van der Waals surface area contributed by atoms with Crippen LogP contribution in [0.15, 0.2) is 24.3 Å². The molecule has 6 nitrogen and oxygen atoms in total. The van der Waals surface area contributed by atoms with Gasteiger partial charge in [0.15, 0.2) is 6.17 Å². The average Bonchev–Trinajstić information content (AvgIpc) is 2.54. The molecule has 9 heteroatoms. The number of alkyl halides is 1. The molecule has 2 atom stereocenters. The summed E-state index contributed by atoms with van der Waals surface area (Å²) in [5.74, 6) is -2.81. The Balaban J connectivity index is 2.76. The van der Waals surface area contributed by atoms with Gasteiger partial charge in [-0.2, -0.15) is 0 Å². The van der Waals surface area contributed by atoms with E-state index < -0.39 is 36.4 Å². The lowest BCUT2D eigenvalue weighted by atomic mass is 10.1. The van der Waals surface area contributed by atoms with E-state index in [9.17, 15) is 18.8 Å². The van der Waals surface area contributed by atoms with Crippen LogP contribution in [0.1, 0.15) is 12.0 Å². The van der Waals surface area contributed by atoms with Crippen molar-refractivity contribution in [3.8, 4) is 0 Å². The van der Waals surface area contributed by atoms with Gasteiger partial charge in [-0.05, 0) is 23.8 Å². The van der Waals surface area contributed by atoms with Crippen LogP contribution in [0.4, 0.5) is 4.39 Å². The zero-order valence-corrected chi connectivity index (χ0v) is 14.1. The molecular formula is C15H15Cl2FN2O4. The second kappa shape index (κ2) is 9.24. The van der Waals surface area contributed by atoms with E-state index in [1.807, 2.05) is 0 Å². The minimum Gasteiger partial charge on any atom is -0.467 e. The Morgan fingerprint density at radius 2 is 2.00 bits per heavy atom. The summed E-state index contributed by atoms with van der Waals surface area (Å²) in [6.07, 6.45) is -0.165. The van der Waals surface area contributed by atoms with Gasteiger partial charge in [-0.3, -0.25) is 9.59 Å². The normalized spacial score (nSPS) is 13.3. The van der Waals surface area contributed by atoms with Gasteiger partial charge in [-0.1, -0.05) is 29.3 Å². The molecule has 24 heavy (non-hydrogen) atoms. The van der Waals surface area contributed by atoms with Crippen LogP contribution in [0.3, 0.4) is 0 Å². The molecule has 0 radical (unpaired) electrons. The van der Waals surface area contributed by atoms with Crippen LogP contribution >= 0.6 is 23.2 Å². The van der Waals surface area contributed by atoms with Gasteiger partial charge in [0.25, 0.3) is 5.91 Å². The van der Waals surface area contributed by atoms with Crippen LogP contribution in [0.2, 0.25) is 10.0 Å². The van der Waals surface area contributed by atoms with E-state index in [2.05, 4.69) is 10.1 Å². The fourth-order valence-electron chi connectivity index (χ4n) is 1.69. The second-order valence-corrected chi connectivity index (χ2v) is 5.51. The molecule has 0 saturated heterocycles. The van der Waals surface area contributed by atoms with Crippen molar-refractivity contribution in [3.05, 3.63) is 39.9 Å². The third-order valence-corrected chi connectivity index (χ3v) is 3.66. The van der Waals surface area contributed by atoms with Gasteiger partial charge in [0.2, 0.25) is 5.91 Å². The molecule has 1 aromatic rings. The zero-order valence-electron chi connectivity index (χ0n) is 12.6. The maximum absolute atomic E-state index is 13.4. The Morgan fingerprint density at radius 1 is 1.33 bits per heavy atom. The van der Waals surface area contributed by atoms with Gasteiger partial charge < -0.3 is 15.8 Å². The van der Waals surface area contributed by atoms with Crippen LogP contribution in [0, 0.1) is 0 Å². The summed E-state index contributed by atoms with van der Waals surface area (Å²) in [7, 11) is 1.07. The summed E-state index contributed by atoms with van der Waals surface area (Å²) in [5, 5.41) is 2.92. The molecule has 0 aliphatic carbocycles. The number of nitrogens with one attached hydrogen (secondary N) is 1. The number of primary amides is 1. The van der Waals surface area contributed by atoms with Crippen molar-refractivity contribution in [1.29, 1.82) is 0 Å². The number of hydrogen-bond acceptors (Lipinski definition) is 4. The number of carbonyl (C=O) groups is 3. The quantitative estimate of drug-likeness (QED) is 0.560. The monoisotopic (exact) mass is 376 g/mol. The minimum absolute atomic E-state index is 0.313. The van der Waals surface area contributed by atoms with Gasteiger partial charge in [0.05, 0.1) is 17.2 Å². The summed E-state index contributed by atoms with van der Waals surface area (Å²) in [6, 6.07) is 3.37. The highest BCUT2D eigenvalue weighted by atomic mass is 35.5. The molecule has 3 N–H and O–H groups in total. The molecule has 0 aliphatic heterocycles. The molecule has 0 saturated carbocycles. The Kier molecular flexibility index (Phi) is 7.67. The summed E-state index contributed by atoms with van der Waals surface area (Å²) >= 11 is 11.6. The van der Waals surface area contributed by atoms with Crippen molar-refractivity contribution in [1.82, 2.24) is 5.32 Å². The maximum Gasteiger partial charge on any atom is 0.328 e. The molecular weight excluding hydrogens is 362 g/mol. The maximum atomic E-state index is 13.4. The van der Waals surface area contributed by atoms with E-state index in [1.54, 1.807) is 12.1 Å². The molecule has 0 aromatic heterocycles. The largest absolute Gasteiger partial charge is 0.467 e. The molecule has 0 spiro atoms. The van der Waals surface area contributed by atoms with E-state index in [0.29, 0.717) is 15.6 Å². The van der Waals surface area contributed by atoms with E-state index in [4.69, 9.17) is 28.9 Å². The number of methoxy groups -OCH3 is 1. The second-order valence-electron chi connectivity index (χ2n) is 4.70. The highest BCUT2D eigenvalue weighted by Gasteiger charge is 2.27. The molecule has 0 unspecified atom stereocenters. The fourth-order valence-corrected chi connectivity index (χ4v) is 1.99. The number of nitrogens with two attached hydrogens (primary N) is 1. The SMILES string of the molecule is COC(=O)[C@H](C[C@@H](F)C(N)=O)NC(=O)/C=C/c1ccc(Cl)c(Cl)c1. The standard InChI is InChI=1S/C15H15Cl2FN2O4/c1-24-15(23)12(7-11(18)14(19)22)20-13(21)5-3-8-2-4-9(16)10(17)6-8/h2-6,11-12H,7H2,1H3,(H2,19,22)(H,20,21)/b5-3+/t11-,12+/m1/s1. The van der Waals surface area contributed by atoms with Crippen molar-refractivity contribution in [2.45, 2.75) is 18.6 Å². The number of hydrogen-bond donors (Lipinski definition) is 2. The first kappa shape index (κ1) is 19.9. The smallest absolute Gasteiger partial charge is 0.328 e. The fraction of sp³-hybridized carbons (Fsp3) is 0.267. The Labute approximate surface area is 147 Å². The predicted octanol–water partition coefficient (Wildman–Crippen LogP) is 1.88. The van der Waals surface area contributed by atoms with Gasteiger partial charge in [0.1, 0.15) is 6.04 Å². The first-order valence-electron chi connectivity index (χ1n) is 6.69. The van der Waals surface area contributed by atoms with Crippen LogP contribution in [0.25, 0.3) is 6.08 Å². The van der Waals surface area contributed by atoms with Crippen molar-refractivity contribution < 1.29 is 23.5 Å². The third kappa shape index (κ3) is 6.17. The van der Waals surface area contributed by atoms with Crippen molar-refractivity contribution in [2.75, 3.05) is 7.11 Å². The zero-order chi connectivity index (χ0) is 18.3. The first-order valence-corrected chi connectivity index (χ1v) is 7.45. The summed E-state index contributed by atoms with van der Waals surface area (Å²) in [4.78, 5) is 34.1. The lowest BCUT2D eigenvalue weighted by molar-refractivity contribution is -0.145. The highest BCUT2D eigenvalue weighted by Crippen LogP contribution is 2.23. The number of amides is 2. The summed E-state index contributed by atoms with van der Waals surface area (Å²) in [6.45, 7) is 0. The Bertz CT molecular complexity index is 667. The van der Waals surface area contributed by atoms with Crippen molar-refractivity contribution >= 4 is 47.1 Å². The average molecular weight is 377 g/mol. The Morgan fingerprint density at radius 3 is 2.54 bits per heavy atom. The number of esters is 1. The number of benzene rings is 1. The number of ether oxygens (including phenoxy) is 1. The molecule has 130 valence electrons. The highest BCUT2D eigenvalue weighted by molar-refractivity contribution is 6.42. The van der Waals surface area contributed by atoms with Crippen molar-refractivity contribution in [3.63, 3.8) is 0 Å². The topological polar surface area (TPSA) is 98.5 Å². The van der Waals surface area contributed by atoms with E-state index >= 15 is 0 Å². The third-order valence-electron chi connectivity index (χ3n) is 2.92. The molecule has 0 heterocycles. The van der Waals surface area contributed by atoms with Gasteiger partial charge in [-0.25, -0.2) is 9.18 Å². The van der Waals surface area contributed by atoms with Gasteiger partial charge >= 0.3 is 5.97 Å². The van der Waals surface area contributed by atoms with E-state index in [-0.39, 0.29) is 0 Å². The Hall–Kier alpha value is -2.12. The summed E-state index contributed by atoms with van der Waals surface area (Å²) in [5.41, 5.74) is 5.39. The van der Waals surface area contributed by atoms with Crippen LogP contribution < -0.4 is 11.1 Å². The first-order chi connectivity index (χ1) is 11.2. The van der Waals surface area contributed by atoms with Crippen LogP contribution in [0.5, 0.6) is 0 Å². The van der Waals surface area contributed by atoms with E-state index in [0.717, 1.165) is 13.2 Å². The number of carbonyl (C=O) groups excluding carboxylic acids is 3. The van der Waals surface area contributed by atoms with E-state index in [1.165, 1.54) is 12.1 Å². The molecule has 1 rings (SSSR count). The molecule has 2 amide bonds. The van der Waals surface area contributed by atoms with Gasteiger partial charge in [-0.15, -0.1) is 0 Å². The predicted molar refractivity (Wildman–Crippen MR) is 88.2 cm³/mol. The minimum atomic E-state index is -2.09. The number of rotatable bonds is 7. The number of halogens is 3. The lowest BCUT2D eigenvalue weighted by Crippen LogP contribution is -2.44. The molecule has 0 aliphatic rings. The van der Waals surface area contributed by atoms with Crippen molar-refractivity contribution in [2.24, 2.45) is 5.73 Å². The molecule has 1 aromatic carbocycles. The summed E-state index contributed by atoms with van der Waals surface area (Å²) < 4.78 is 17.8. The molecule has 0 bridgehead atoms. The molecule has 0 fully saturated rings. The van der Waals surface area contributed by atoms with Gasteiger partial charge in [0, 0.05) is 12.5 Å². The van der Waals surface area contributed by atoms with Crippen LogP contribution in [-0.4, -0.2) is 37.1 Å². The van der Waals surface area contributed by atoms with Crippen LogP contribution in [-0.2, 0) is 19.1 Å². The lowest BCUT2D eigenvalue weighted by Gasteiger charge is -2.16.